The van der Waals surface area contributed by atoms with Crippen LogP contribution in [-0.4, -0.2) is 75.7 Å². The Morgan fingerprint density at radius 1 is 1.02 bits per heavy atom. The molecule has 2 atom stereocenters. The summed E-state index contributed by atoms with van der Waals surface area (Å²) < 4.78 is 18.8. The van der Waals surface area contributed by atoms with Crippen LogP contribution in [0.2, 0.25) is 5.02 Å². The van der Waals surface area contributed by atoms with Crippen molar-refractivity contribution in [2.45, 2.75) is 71.9 Å². The zero-order chi connectivity index (χ0) is 38.1. The maximum absolute atomic E-state index is 11.9. The molecule has 1 unspecified atom stereocenters. The summed E-state index contributed by atoms with van der Waals surface area (Å²) in [6, 6.07) is 17.6. The van der Waals surface area contributed by atoms with E-state index in [1.807, 2.05) is 24.3 Å². The molecule has 1 saturated heterocycles. The van der Waals surface area contributed by atoms with Crippen LogP contribution in [0.15, 0.2) is 60.9 Å². The normalized spacial score (nSPS) is 15.5. The fraction of sp³-hybridized carbons (Fsp3) is 0.390. The molecule has 0 amide bonds. The van der Waals surface area contributed by atoms with Crippen molar-refractivity contribution in [2.75, 3.05) is 32.8 Å². The van der Waals surface area contributed by atoms with Gasteiger partial charge >= 0.3 is 5.97 Å². The van der Waals surface area contributed by atoms with Gasteiger partial charge in [0.05, 0.1) is 29.9 Å². The molecular formula is C41H47ClN4O7. The molecule has 0 spiro atoms. The second-order valence-electron chi connectivity index (χ2n) is 13.7. The van der Waals surface area contributed by atoms with Crippen LogP contribution < -0.4 is 19.5 Å². The molecule has 0 saturated carbocycles. The largest absolute Gasteiger partial charge is 0.493 e. The molecule has 1 aliphatic heterocycles. The molecule has 1 aromatic heterocycles. The lowest BCUT2D eigenvalue weighted by Gasteiger charge is -2.26. The average molecular weight is 743 g/mol. The summed E-state index contributed by atoms with van der Waals surface area (Å²) in [7, 11) is 0. The summed E-state index contributed by atoms with van der Waals surface area (Å²) in [5.41, 5.74) is 5.87. The Hall–Kier alpha value is -4.70. The van der Waals surface area contributed by atoms with E-state index in [9.17, 15) is 25.4 Å². The third-order valence-corrected chi connectivity index (χ3v) is 10.3. The maximum Gasteiger partial charge on any atom is 0.326 e. The Labute approximate surface area is 315 Å². The quantitative estimate of drug-likeness (QED) is 0.0925. The van der Waals surface area contributed by atoms with Crippen LogP contribution in [0.1, 0.15) is 58.7 Å². The van der Waals surface area contributed by atoms with E-state index in [0.717, 1.165) is 66.0 Å². The highest BCUT2D eigenvalue weighted by atomic mass is 35.5. The number of aliphatic hydroxyl groups is 2. The number of carbonyl (C=O) groups is 1. The number of aliphatic hydroxyl groups excluding tert-OH is 2. The molecule has 1 aliphatic rings. The van der Waals surface area contributed by atoms with Gasteiger partial charge < -0.3 is 34.4 Å². The Bertz CT molecular complexity index is 1970. The maximum atomic E-state index is 11.9. The number of nitrogens with zero attached hydrogens (tertiary/aromatic N) is 3. The molecule has 4 aromatic rings. The number of nitrogens with one attached hydrogen (secondary N) is 1. The van der Waals surface area contributed by atoms with Crippen molar-refractivity contribution in [3.63, 3.8) is 0 Å². The second kappa shape index (κ2) is 17.9. The van der Waals surface area contributed by atoms with Crippen LogP contribution in [0.4, 0.5) is 0 Å². The van der Waals surface area contributed by atoms with Crippen molar-refractivity contribution in [3.8, 4) is 34.4 Å². The van der Waals surface area contributed by atoms with Gasteiger partial charge in [-0.1, -0.05) is 41.9 Å². The molecule has 3 aromatic carbocycles. The molecule has 4 N–H and O–H groups in total. The number of benzene rings is 3. The number of halogens is 1. The molecule has 53 heavy (non-hydrogen) atoms. The van der Waals surface area contributed by atoms with E-state index in [2.05, 4.69) is 47.3 Å². The number of likely N-dealkylation sites (tertiary alicyclic amines) is 1. The molecule has 5 rings (SSSR count). The SMILES string of the molecule is Cc1c(COc2cc(OCc3cncc(C#N)c3)c(CNC(C)(CO)C(=O)O)c(C)c2Cl)cccc1-c1cccc(OCCCN2CC[C@@H](O)C2)c1C. The van der Waals surface area contributed by atoms with E-state index in [4.69, 9.17) is 25.8 Å². The van der Waals surface area contributed by atoms with E-state index in [-0.39, 0.29) is 25.9 Å². The third kappa shape index (κ3) is 9.65. The molecule has 12 heteroatoms. The molecule has 280 valence electrons. The van der Waals surface area contributed by atoms with E-state index >= 15 is 0 Å². The summed E-state index contributed by atoms with van der Waals surface area (Å²) in [5, 5.41) is 41.9. The number of pyridine rings is 1. The Morgan fingerprint density at radius 2 is 1.75 bits per heavy atom. The predicted octanol–water partition coefficient (Wildman–Crippen LogP) is 6.12. The summed E-state index contributed by atoms with van der Waals surface area (Å²) in [4.78, 5) is 18.3. The summed E-state index contributed by atoms with van der Waals surface area (Å²) >= 11 is 6.89. The van der Waals surface area contributed by atoms with Crippen LogP contribution in [-0.2, 0) is 24.6 Å². The Balaban J connectivity index is 1.35. The number of carboxylic acids is 1. The Kier molecular flexibility index (Phi) is 13.3. The number of nitriles is 1. The van der Waals surface area contributed by atoms with Gasteiger partial charge in [0, 0.05) is 55.8 Å². The standard InChI is InChI=1S/C41H47ClN4O7/c1-26-31(8-5-9-33(26)34-10-6-11-36(27(34)2)51-15-7-13-46-14-12-32(48)22-46)24-53-38-17-37(52-23-30-16-29(18-43)19-44-20-30)35(28(3)39(38)42)21-45-41(4,25-47)40(49)50/h5-6,8-11,16-17,19-20,32,45,47-48H,7,12-15,21-25H2,1-4H3,(H,49,50)/t32-,41?/m1/s1. The molecule has 2 heterocycles. The first-order chi connectivity index (χ1) is 25.4. The van der Waals surface area contributed by atoms with Crippen molar-refractivity contribution in [2.24, 2.45) is 0 Å². The molecule has 0 aliphatic carbocycles. The zero-order valence-electron chi connectivity index (χ0n) is 30.6. The highest BCUT2D eigenvalue weighted by Crippen LogP contribution is 2.39. The van der Waals surface area contributed by atoms with Crippen molar-refractivity contribution in [3.05, 3.63) is 105 Å². The average Bonchev–Trinajstić information content (AvgIpc) is 3.58. The molecule has 1 fully saturated rings. The fourth-order valence-electron chi connectivity index (χ4n) is 6.33. The Morgan fingerprint density at radius 3 is 2.45 bits per heavy atom. The lowest BCUT2D eigenvalue weighted by molar-refractivity contribution is -0.145. The molecular weight excluding hydrogens is 696 g/mol. The minimum atomic E-state index is -1.60. The number of aliphatic carboxylic acids is 1. The number of β-amino-alcohol motifs (C(OH)–C–C–N with tert-alkyl or cyclic N) is 1. The monoisotopic (exact) mass is 742 g/mol. The van der Waals surface area contributed by atoms with E-state index in [1.165, 1.54) is 13.1 Å². The number of rotatable bonds is 17. The van der Waals surface area contributed by atoms with E-state index in [1.54, 1.807) is 25.3 Å². The summed E-state index contributed by atoms with van der Waals surface area (Å²) in [5.74, 6) is 0.424. The van der Waals surface area contributed by atoms with Crippen molar-refractivity contribution >= 4 is 17.6 Å². The van der Waals surface area contributed by atoms with Crippen molar-refractivity contribution < 1.29 is 34.3 Å². The highest BCUT2D eigenvalue weighted by Gasteiger charge is 2.32. The van der Waals surface area contributed by atoms with Gasteiger partial charge in [-0.15, -0.1) is 0 Å². The van der Waals surface area contributed by atoms with Crippen LogP contribution in [0.5, 0.6) is 17.2 Å². The van der Waals surface area contributed by atoms with Gasteiger partial charge in [0.15, 0.2) is 0 Å². The number of carboxylic acid groups (broad SMARTS) is 1. The first kappa shape index (κ1) is 39.5. The highest BCUT2D eigenvalue weighted by molar-refractivity contribution is 6.33. The lowest BCUT2D eigenvalue weighted by atomic mass is 9.93. The number of hydrogen-bond donors (Lipinski definition) is 4. The van der Waals surface area contributed by atoms with Gasteiger partial charge in [-0.3, -0.25) is 15.1 Å². The van der Waals surface area contributed by atoms with Crippen LogP contribution in [0, 0.1) is 32.1 Å². The number of hydrogen-bond acceptors (Lipinski definition) is 10. The molecule has 0 radical (unpaired) electrons. The lowest BCUT2D eigenvalue weighted by Crippen LogP contribution is -2.52. The minimum absolute atomic E-state index is 0.0346. The van der Waals surface area contributed by atoms with E-state index in [0.29, 0.717) is 45.4 Å². The zero-order valence-corrected chi connectivity index (χ0v) is 31.4. The molecule has 11 nitrogen and oxygen atoms in total. The smallest absolute Gasteiger partial charge is 0.326 e. The second-order valence-corrected chi connectivity index (χ2v) is 14.1. The van der Waals surface area contributed by atoms with Gasteiger partial charge in [-0.2, -0.15) is 5.26 Å². The van der Waals surface area contributed by atoms with Gasteiger partial charge in [0.25, 0.3) is 0 Å². The predicted molar refractivity (Wildman–Crippen MR) is 202 cm³/mol. The van der Waals surface area contributed by atoms with Gasteiger partial charge in [0.2, 0.25) is 0 Å². The third-order valence-electron chi connectivity index (χ3n) is 9.85. The van der Waals surface area contributed by atoms with Crippen molar-refractivity contribution in [1.82, 2.24) is 15.2 Å². The topological polar surface area (TPSA) is 157 Å². The summed E-state index contributed by atoms with van der Waals surface area (Å²) in [6.45, 7) is 10.2. The molecule has 0 bridgehead atoms. The van der Waals surface area contributed by atoms with E-state index < -0.39 is 18.1 Å². The first-order valence-electron chi connectivity index (χ1n) is 17.7. The van der Waals surface area contributed by atoms with Crippen LogP contribution >= 0.6 is 11.6 Å². The summed E-state index contributed by atoms with van der Waals surface area (Å²) in [6.07, 6.45) is 4.56. The fourth-order valence-corrected chi connectivity index (χ4v) is 6.55. The number of aromatic nitrogens is 1. The minimum Gasteiger partial charge on any atom is -0.493 e. The van der Waals surface area contributed by atoms with Gasteiger partial charge in [-0.25, -0.2) is 0 Å². The van der Waals surface area contributed by atoms with Crippen LogP contribution in [0.25, 0.3) is 11.1 Å². The first-order valence-corrected chi connectivity index (χ1v) is 18.0. The number of ether oxygens (including phenoxy) is 3. The van der Waals surface area contributed by atoms with Crippen molar-refractivity contribution in [1.29, 1.82) is 5.26 Å². The van der Waals surface area contributed by atoms with Crippen LogP contribution in [0.3, 0.4) is 0 Å². The van der Waals surface area contributed by atoms with Gasteiger partial charge in [0.1, 0.15) is 42.1 Å². The van der Waals surface area contributed by atoms with Gasteiger partial charge in [-0.05, 0) is 86.1 Å².